The maximum absolute atomic E-state index is 12.1. The highest BCUT2D eigenvalue weighted by atomic mass is 32.1. The second-order valence-corrected chi connectivity index (χ2v) is 6.27. The lowest BCUT2D eigenvalue weighted by atomic mass is 10.0. The zero-order valence-electron chi connectivity index (χ0n) is 12.9. The molecule has 1 aromatic rings. The Morgan fingerprint density at radius 1 is 1.57 bits per heavy atom. The van der Waals surface area contributed by atoms with Crippen LogP contribution in [0.4, 0.5) is 10.8 Å². The topological polar surface area (TPSA) is 110 Å². The average Bonchev–Trinajstić information content (AvgIpc) is 2.75. The first-order valence-corrected chi connectivity index (χ1v) is 7.55. The number of aliphatic hydroxyl groups is 1. The molecule has 7 nitrogen and oxygen atoms in total. The van der Waals surface area contributed by atoms with E-state index in [0.717, 1.165) is 11.5 Å². The average molecular weight is 316 g/mol. The second-order valence-electron chi connectivity index (χ2n) is 5.49. The van der Waals surface area contributed by atoms with Crippen LogP contribution in [0.25, 0.3) is 0 Å². The van der Waals surface area contributed by atoms with Crippen molar-refractivity contribution < 1.29 is 14.6 Å². The van der Waals surface area contributed by atoms with Crippen LogP contribution in [0.3, 0.4) is 0 Å². The standard InChI is InChI=1S/C13H24N4O3S/c1-8(2)16-11(18)9-10(14)17-21-12(9)15-7-13(3,19)5-6-20-4/h8,15,19H,5-7H2,1-4H3,(H2,14,17)(H,16,18). The molecule has 0 bridgehead atoms. The molecule has 0 spiro atoms. The van der Waals surface area contributed by atoms with Crippen LogP contribution in [0, 0.1) is 0 Å². The Labute approximate surface area is 129 Å². The lowest BCUT2D eigenvalue weighted by Crippen LogP contribution is -2.35. The molecular weight excluding hydrogens is 292 g/mol. The first kappa shape index (κ1) is 17.7. The first-order chi connectivity index (χ1) is 9.76. The van der Waals surface area contributed by atoms with Crippen LogP contribution < -0.4 is 16.4 Å². The number of carbonyl (C=O) groups is 1. The largest absolute Gasteiger partial charge is 0.388 e. The van der Waals surface area contributed by atoms with Gasteiger partial charge in [-0.05, 0) is 32.3 Å². The summed E-state index contributed by atoms with van der Waals surface area (Å²) in [6.07, 6.45) is 0.484. The fraction of sp³-hybridized carbons (Fsp3) is 0.692. The van der Waals surface area contributed by atoms with Crippen molar-refractivity contribution in [1.82, 2.24) is 9.69 Å². The van der Waals surface area contributed by atoms with Crippen molar-refractivity contribution in [2.75, 3.05) is 31.3 Å². The Hall–Kier alpha value is -1.38. The van der Waals surface area contributed by atoms with Crippen molar-refractivity contribution in [2.45, 2.75) is 38.8 Å². The molecule has 0 fully saturated rings. The minimum absolute atomic E-state index is 0.00876. The van der Waals surface area contributed by atoms with Gasteiger partial charge < -0.3 is 26.2 Å². The highest BCUT2D eigenvalue weighted by Crippen LogP contribution is 2.27. The summed E-state index contributed by atoms with van der Waals surface area (Å²) in [6.45, 7) is 6.19. The Morgan fingerprint density at radius 3 is 2.81 bits per heavy atom. The van der Waals surface area contributed by atoms with Crippen LogP contribution in [0.1, 0.15) is 37.6 Å². The smallest absolute Gasteiger partial charge is 0.258 e. The number of nitrogens with one attached hydrogen (secondary N) is 2. The van der Waals surface area contributed by atoms with Crippen molar-refractivity contribution in [3.8, 4) is 0 Å². The van der Waals surface area contributed by atoms with Crippen molar-refractivity contribution in [3.05, 3.63) is 5.56 Å². The van der Waals surface area contributed by atoms with Crippen molar-refractivity contribution in [3.63, 3.8) is 0 Å². The van der Waals surface area contributed by atoms with Gasteiger partial charge in [0.15, 0.2) is 5.82 Å². The molecule has 1 unspecified atom stereocenters. The quantitative estimate of drug-likeness (QED) is 0.571. The lowest BCUT2D eigenvalue weighted by Gasteiger charge is -2.23. The highest BCUT2D eigenvalue weighted by Gasteiger charge is 2.24. The summed E-state index contributed by atoms with van der Waals surface area (Å²) in [5, 5.41) is 16.6. The van der Waals surface area contributed by atoms with E-state index in [0.29, 0.717) is 23.6 Å². The maximum Gasteiger partial charge on any atom is 0.258 e. The number of hydrogen-bond donors (Lipinski definition) is 4. The highest BCUT2D eigenvalue weighted by molar-refractivity contribution is 7.11. The maximum atomic E-state index is 12.1. The molecule has 1 aromatic heterocycles. The van der Waals surface area contributed by atoms with Crippen LogP contribution in [0.5, 0.6) is 0 Å². The number of ether oxygens (including phenoxy) is 1. The van der Waals surface area contributed by atoms with E-state index in [1.165, 1.54) is 0 Å². The number of aromatic nitrogens is 1. The number of hydrogen-bond acceptors (Lipinski definition) is 7. The van der Waals surface area contributed by atoms with Crippen molar-refractivity contribution >= 4 is 28.3 Å². The third-order valence-corrected chi connectivity index (χ3v) is 3.66. The van der Waals surface area contributed by atoms with Crippen molar-refractivity contribution in [1.29, 1.82) is 0 Å². The number of amides is 1. The third-order valence-electron chi connectivity index (χ3n) is 2.84. The Balaban J connectivity index is 2.74. The fourth-order valence-electron chi connectivity index (χ4n) is 1.66. The first-order valence-electron chi connectivity index (χ1n) is 6.78. The summed E-state index contributed by atoms with van der Waals surface area (Å²) in [5.74, 6) is -0.0764. The number of rotatable bonds is 8. The molecule has 0 radical (unpaired) electrons. The molecule has 0 aliphatic rings. The van der Waals surface area contributed by atoms with Crippen LogP contribution in [-0.2, 0) is 4.74 Å². The second kappa shape index (κ2) is 7.58. The number of anilines is 2. The molecule has 0 aliphatic carbocycles. The fourth-order valence-corrected chi connectivity index (χ4v) is 2.36. The molecule has 1 heterocycles. The molecule has 0 saturated carbocycles. The molecule has 8 heteroatoms. The van der Waals surface area contributed by atoms with E-state index in [1.807, 2.05) is 13.8 Å². The van der Waals surface area contributed by atoms with E-state index in [-0.39, 0.29) is 24.3 Å². The minimum atomic E-state index is -0.944. The van der Waals surface area contributed by atoms with Gasteiger partial charge in [-0.25, -0.2) is 0 Å². The number of nitrogen functional groups attached to an aromatic ring is 1. The summed E-state index contributed by atoms with van der Waals surface area (Å²) in [7, 11) is 1.59. The van der Waals surface area contributed by atoms with Gasteiger partial charge in [-0.1, -0.05) is 0 Å². The van der Waals surface area contributed by atoms with E-state index in [2.05, 4.69) is 15.0 Å². The lowest BCUT2D eigenvalue weighted by molar-refractivity contribution is 0.0358. The predicted octanol–water partition coefficient (Wildman–Crippen LogP) is 1.06. The molecule has 1 rings (SSSR count). The Kier molecular flexibility index (Phi) is 6.38. The van der Waals surface area contributed by atoms with Crippen LogP contribution in [0.15, 0.2) is 0 Å². The van der Waals surface area contributed by atoms with Gasteiger partial charge in [0.25, 0.3) is 5.91 Å². The van der Waals surface area contributed by atoms with Crippen LogP contribution in [0.2, 0.25) is 0 Å². The molecule has 21 heavy (non-hydrogen) atoms. The van der Waals surface area contributed by atoms with Gasteiger partial charge in [0.1, 0.15) is 10.6 Å². The van der Waals surface area contributed by atoms with Gasteiger partial charge in [-0.2, -0.15) is 4.37 Å². The van der Waals surface area contributed by atoms with Gasteiger partial charge in [-0.3, -0.25) is 4.79 Å². The molecule has 1 amide bonds. The predicted molar refractivity (Wildman–Crippen MR) is 84.7 cm³/mol. The summed E-state index contributed by atoms with van der Waals surface area (Å²) in [4.78, 5) is 12.1. The van der Waals surface area contributed by atoms with Gasteiger partial charge in [-0.15, -0.1) is 0 Å². The van der Waals surface area contributed by atoms with Gasteiger partial charge in [0.2, 0.25) is 0 Å². The molecule has 5 N–H and O–H groups in total. The molecule has 0 saturated heterocycles. The summed E-state index contributed by atoms with van der Waals surface area (Å²) in [6, 6.07) is 0.00876. The van der Waals surface area contributed by atoms with E-state index >= 15 is 0 Å². The summed E-state index contributed by atoms with van der Waals surface area (Å²) >= 11 is 1.11. The summed E-state index contributed by atoms with van der Waals surface area (Å²) in [5.41, 5.74) is 5.14. The van der Waals surface area contributed by atoms with Gasteiger partial charge in [0.05, 0.1) is 5.60 Å². The SMILES string of the molecule is COCCC(C)(O)CNc1snc(N)c1C(=O)NC(C)C. The Morgan fingerprint density at radius 2 is 2.24 bits per heavy atom. The van der Waals surface area contributed by atoms with Crippen LogP contribution in [-0.4, -0.2) is 47.3 Å². The molecule has 1 atom stereocenters. The number of carbonyl (C=O) groups excluding carboxylic acids is 1. The molecule has 0 aliphatic heterocycles. The van der Waals surface area contributed by atoms with Gasteiger partial charge >= 0.3 is 0 Å². The minimum Gasteiger partial charge on any atom is -0.388 e. The van der Waals surface area contributed by atoms with Crippen LogP contribution >= 0.6 is 11.5 Å². The van der Waals surface area contributed by atoms with E-state index in [1.54, 1.807) is 14.0 Å². The summed E-state index contributed by atoms with van der Waals surface area (Å²) < 4.78 is 8.96. The zero-order chi connectivity index (χ0) is 16.0. The monoisotopic (exact) mass is 316 g/mol. The third kappa shape index (κ3) is 5.49. The molecule has 0 aromatic carbocycles. The Bertz CT molecular complexity index is 474. The van der Waals surface area contributed by atoms with Crippen molar-refractivity contribution in [2.24, 2.45) is 0 Å². The molecule has 120 valence electrons. The number of methoxy groups -OCH3 is 1. The molecular formula is C13H24N4O3S. The zero-order valence-corrected chi connectivity index (χ0v) is 13.7. The van der Waals surface area contributed by atoms with Gasteiger partial charge in [0, 0.05) is 32.7 Å². The van der Waals surface area contributed by atoms with E-state index < -0.39 is 5.60 Å². The normalized spacial score (nSPS) is 14.0. The van der Waals surface area contributed by atoms with E-state index in [4.69, 9.17) is 10.5 Å². The number of nitrogens with two attached hydrogens (primary N) is 1. The number of nitrogens with zero attached hydrogens (tertiary/aromatic N) is 1. The van der Waals surface area contributed by atoms with E-state index in [9.17, 15) is 9.90 Å².